The molecule has 0 bridgehead atoms. The highest BCUT2D eigenvalue weighted by atomic mass is 32.1. The molecule has 0 saturated carbocycles. The van der Waals surface area contributed by atoms with Gasteiger partial charge in [0.15, 0.2) is 27.6 Å². The van der Waals surface area contributed by atoms with Crippen molar-refractivity contribution in [2.24, 2.45) is 0 Å². The van der Waals surface area contributed by atoms with Gasteiger partial charge in [-0.15, -0.1) is 0 Å². The normalized spacial score (nSPS) is 10.9. The zero-order valence-corrected chi connectivity index (χ0v) is 16.9. The molecule has 2 aromatic carbocycles. The Morgan fingerprint density at radius 2 is 1.72 bits per heavy atom. The number of ether oxygens (including phenoxy) is 1. The number of thiocarbonyl (C=S) groups is 1. The van der Waals surface area contributed by atoms with Gasteiger partial charge in [-0.3, -0.25) is 10.1 Å². The van der Waals surface area contributed by atoms with E-state index in [2.05, 4.69) is 15.0 Å². The van der Waals surface area contributed by atoms with E-state index in [4.69, 9.17) is 12.2 Å². The summed E-state index contributed by atoms with van der Waals surface area (Å²) in [4.78, 5) is 16.5. The molecule has 3 aromatic rings. The molecule has 3 rings (SSSR count). The summed E-state index contributed by atoms with van der Waals surface area (Å²) in [6, 6.07) is 3.87. The third-order valence-corrected chi connectivity index (χ3v) is 5.05. The molecule has 0 atom stereocenters. The predicted octanol–water partition coefficient (Wildman–Crippen LogP) is 4.60. The van der Waals surface area contributed by atoms with Crippen molar-refractivity contribution in [1.82, 2.24) is 10.3 Å². The third-order valence-electron chi connectivity index (χ3n) is 3.93. The number of anilines is 1. The standard InChI is InChI=1S/C18H13F4N3O2S2/c1-6-4-7(2)14-8(5-6)29-18(23-14)25-17(28)24-16(26)9-10(19)12(21)15(27-3)13(22)11(9)20/h4-5H,1-3H3,(H2,23,24,25,26,28). The van der Waals surface area contributed by atoms with Crippen LogP contribution < -0.4 is 15.4 Å². The minimum Gasteiger partial charge on any atom is -0.491 e. The van der Waals surface area contributed by atoms with Crippen LogP contribution in [0.4, 0.5) is 22.7 Å². The van der Waals surface area contributed by atoms with E-state index in [0.717, 1.165) is 28.5 Å². The van der Waals surface area contributed by atoms with Gasteiger partial charge >= 0.3 is 0 Å². The van der Waals surface area contributed by atoms with Gasteiger partial charge in [0.25, 0.3) is 5.91 Å². The van der Waals surface area contributed by atoms with Crippen molar-refractivity contribution >= 4 is 49.9 Å². The number of aryl methyl sites for hydroxylation is 2. The summed E-state index contributed by atoms with van der Waals surface area (Å²) in [5, 5.41) is 4.58. The highest BCUT2D eigenvalue weighted by Crippen LogP contribution is 2.31. The van der Waals surface area contributed by atoms with Gasteiger partial charge in [0.1, 0.15) is 5.56 Å². The molecule has 1 heterocycles. The fraction of sp³-hybridized carbons (Fsp3) is 0.167. The molecule has 0 aliphatic carbocycles. The Morgan fingerprint density at radius 1 is 1.10 bits per heavy atom. The highest BCUT2D eigenvalue weighted by molar-refractivity contribution is 7.80. The third kappa shape index (κ3) is 3.87. The molecule has 0 radical (unpaired) electrons. The summed E-state index contributed by atoms with van der Waals surface area (Å²) in [5.74, 6) is -10.2. The van der Waals surface area contributed by atoms with Gasteiger partial charge in [-0.05, 0) is 43.3 Å². The maximum Gasteiger partial charge on any atom is 0.263 e. The van der Waals surface area contributed by atoms with Crippen molar-refractivity contribution < 1.29 is 27.1 Å². The molecule has 0 saturated heterocycles. The van der Waals surface area contributed by atoms with E-state index in [0.29, 0.717) is 5.13 Å². The number of halogens is 4. The molecular weight excluding hydrogens is 430 g/mol. The van der Waals surface area contributed by atoms with E-state index in [-0.39, 0.29) is 5.11 Å². The molecule has 1 amide bonds. The van der Waals surface area contributed by atoms with E-state index >= 15 is 0 Å². The van der Waals surface area contributed by atoms with E-state index in [1.165, 1.54) is 11.3 Å². The molecule has 11 heteroatoms. The summed E-state index contributed by atoms with van der Waals surface area (Å²) in [7, 11) is 0.834. The number of carbonyl (C=O) groups excluding carboxylic acids is 1. The Hall–Kier alpha value is -2.79. The lowest BCUT2D eigenvalue weighted by Gasteiger charge is -2.11. The van der Waals surface area contributed by atoms with Gasteiger partial charge < -0.3 is 10.1 Å². The Kier molecular flexibility index (Phi) is 5.71. The van der Waals surface area contributed by atoms with Crippen molar-refractivity contribution in [2.75, 3.05) is 12.4 Å². The minimum absolute atomic E-state index is 0.326. The van der Waals surface area contributed by atoms with Gasteiger partial charge in [0.2, 0.25) is 11.6 Å². The first-order valence-corrected chi connectivity index (χ1v) is 9.26. The number of amides is 1. The summed E-state index contributed by atoms with van der Waals surface area (Å²) >= 11 is 6.19. The van der Waals surface area contributed by atoms with Crippen LogP contribution in [-0.2, 0) is 0 Å². The fourth-order valence-corrected chi connectivity index (χ4v) is 4.01. The van der Waals surface area contributed by atoms with Crippen molar-refractivity contribution in [2.45, 2.75) is 13.8 Å². The van der Waals surface area contributed by atoms with Crippen LogP contribution in [0.15, 0.2) is 12.1 Å². The SMILES string of the molecule is COc1c(F)c(F)c(C(=O)NC(=S)Nc2nc3c(C)cc(C)cc3s2)c(F)c1F. The van der Waals surface area contributed by atoms with Crippen LogP contribution in [0, 0.1) is 37.1 Å². The van der Waals surface area contributed by atoms with Gasteiger partial charge in [-0.1, -0.05) is 17.4 Å². The number of methoxy groups -OCH3 is 1. The van der Waals surface area contributed by atoms with Crippen LogP contribution in [0.2, 0.25) is 0 Å². The lowest BCUT2D eigenvalue weighted by Crippen LogP contribution is -2.35. The average Bonchev–Trinajstić information content (AvgIpc) is 3.03. The largest absolute Gasteiger partial charge is 0.491 e. The second kappa shape index (κ2) is 7.91. The van der Waals surface area contributed by atoms with E-state index < -0.39 is 40.5 Å². The molecule has 0 fully saturated rings. The maximum absolute atomic E-state index is 14.0. The molecule has 0 aliphatic heterocycles. The molecule has 0 aliphatic rings. The first-order chi connectivity index (χ1) is 13.6. The number of hydrogen-bond acceptors (Lipinski definition) is 5. The van der Waals surface area contributed by atoms with E-state index in [1.54, 1.807) is 0 Å². The number of benzene rings is 2. The quantitative estimate of drug-likeness (QED) is 0.352. The molecule has 152 valence electrons. The number of thiazole rings is 1. The number of hydrogen-bond donors (Lipinski definition) is 2. The van der Waals surface area contributed by atoms with Crippen LogP contribution in [-0.4, -0.2) is 23.1 Å². The Morgan fingerprint density at radius 3 is 2.31 bits per heavy atom. The van der Waals surface area contributed by atoms with Gasteiger partial charge in [0, 0.05) is 0 Å². The summed E-state index contributed by atoms with van der Waals surface area (Å²) < 4.78 is 60.8. The van der Waals surface area contributed by atoms with E-state index in [9.17, 15) is 22.4 Å². The van der Waals surface area contributed by atoms with Crippen LogP contribution in [0.1, 0.15) is 21.5 Å². The second-order valence-corrected chi connectivity index (χ2v) is 7.46. The summed E-state index contributed by atoms with van der Waals surface area (Å²) in [5.41, 5.74) is 1.25. The van der Waals surface area contributed by atoms with Crippen LogP contribution >= 0.6 is 23.6 Å². The fourth-order valence-electron chi connectivity index (χ4n) is 2.71. The van der Waals surface area contributed by atoms with Crippen LogP contribution in [0.25, 0.3) is 10.2 Å². The van der Waals surface area contributed by atoms with Gasteiger partial charge in [-0.25, -0.2) is 13.8 Å². The zero-order valence-electron chi connectivity index (χ0n) is 15.2. The smallest absolute Gasteiger partial charge is 0.263 e. The number of nitrogens with zero attached hydrogens (tertiary/aromatic N) is 1. The topological polar surface area (TPSA) is 63.2 Å². The first-order valence-electron chi connectivity index (χ1n) is 8.04. The number of fused-ring (bicyclic) bond motifs is 1. The lowest BCUT2D eigenvalue weighted by molar-refractivity contribution is 0.0966. The van der Waals surface area contributed by atoms with E-state index in [1.807, 2.05) is 31.3 Å². The Bertz CT molecular complexity index is 1130. The van der Waals surface area contributed by atoms with Crippen LogP contribution in [0.3, 0.4) is 0 Å². The highest BCUT2D eigenvalue weighted by Gasteiger charge is 2.30. The van der Waals surface area contributed by atoms with Crippen molar-refractivity contribution in [3.05, 3.63) is 52.1 Å². The molecule has 0 spiro atoms. The molecule has 29 heavy (non-hydrogen) atoms. The Labute approximate surface area is 171 Å². The molecule has 5 nitrogen and oxygen atoms in total. The maximum atomic E-state index is 14.0. The van der Waals surface area contributed by atoms with Crippen molar-refractivity contribution in [3.8, 4) is 5.75 Å². The minimum atomic E-state index is -1.90. The summed E-state index contributed by atoms with van der Waals surface area (Å²) in [6.07, 6.45) is 0. The lowest BCUT2D eigenvalue weighted by atomic mass is 10.1. The number of aromatic nitrogens is 1. The monoisotopic (exact) mass is 443 g/mol. The number of carbonyl (C=O) groups is 1. The van der Waals surface area contributed by atoms with Crippen molar-refractivity contribution in [1.29, 1.82) is 0 Å². The number of rotatable bonds is 3. The Balaban J connectivity index is 1.83. The first kappa shape index (κ1) is 20.9. The second-order valence-electron chi connectivity index (χ2n) is 6.02. The van der Waals surface area contributed by atoms with Gasteiger partial charge in [0.05, 0.1) is 17.3 Å². The number of nitrogens with one attached hydrogen (secondary N) is 2. The van der Waals surface area contributed by atoms with Crippen molar-refractivity contribution in [3.63, 3.8) is 0 Å². The predicted molar refractivity (Wildman–Crippen MR) is 106 cm³/mol. The molecule has 0 unspecified atom stereocenters. The molecule has 2 N–H and O–H groups in total. The molecule has 1 aromatic heterocycles. The average molecular weight is 443 g/mol. The zero-order chi connectivity index (χ0) is 21.5. The van der Waals surface area contributed by atoms with Gasteiger partial charge in [-0.2, -0.15) is 8.78 Å². The summed E-state index contributed by atoms with van der Waals surface area (Å²) in [6.45, 7) is 3.82. The molecular formula is C18H13F4N3O2S2. The van der Waals surface area contributed by atoms with Crippen LogP contribution in [0.5, 0.6) is 5.75 Å².